The van der Waals surface area contributed by atoms with Crippen LogP contribution >= 0.6 is 0 Å². The van der Waals surface area contributed by atoms with E-state index in [1.165, 1.54) is 6.20 Å². The molecule has 0 amide bonds. The standard InChI is InChI=1S/C16H26FN3/c1-5-15(3)12-20(16(4,6-2)11-19-15)10-13-7-14(17)9-18-8-13/h7-9,19H,5-6,10-12H2,1-4H3. The van der Waals surface area contributed by atoms with Crippen LogP contribution in [0.25, 0.3) is 0 Å². The van der Waals surface area contributed by atoms with Gasteiger partial charge in [0.15, 0.2) is 0 Å². The summed E-state index contributed by atoms with van der Waals surface area (Å²) in [6, 6.07) is 1.59. The molecular formula is C16H26FN3. The predicted molar refractivity (Wildman–Crippen MR) is 80.0 cm³/mol. The second kappa shape index (κ2) is 5.78. The minimum Gasteiger partial charge on any atom is -0.308 e. The van der Waals surface area contributed by atoms with Crippen LogP contribution in [-0.4, -0.2) is 34.1 Å². The van der Waals surface area contributed by atoms with Gasteiger partial charge in [0.2, 0.25) is 0 Å². The van der Waals surface area contributed by atoms with Gasteiger partial charge in [0.1, 0.15) is 5.82 Å². The van der Waals surface area contributed by atoms with E-state index in [1.54, 1.807) is 12.3 Å². The lowest BCUT2D eigenvalue weighted by atomic mass is 9.85. The summed E-state index contributed by atoms with van der Waals surface area (Å²) in [4.78, 5) is 6.44. The molecule has 0 saturated carbocycles. The molecule has 0 aromatic carbocycles. The molecule has 0 aliphatic carbocycles. The van der Waals surface area contributed by atoms with Gasteiger partial charge in [-0.2, -0.15) is 0 Å². The Labute approximate surface area is 121 Å². The molecule has 1 aromatic heterocycles. The Morgan fingerprint density at radius 2 is 2.05 bits per heavy atom. The van der Waals surface area contributed by atoms with Gasteiger partial charge in [-0.25, -0.2) is 4.39 Å². The molecular weight excluding hydrogens is 253 g/mol. The van der Waals surface area contributed by atoms with E-state index in [9.17, 15) is 4.39 Å². The largest absolute Gasteiger partial charge is 0.308 e. The van der Waals surface area contributed by atoms with Crippen molar-refractivity contribution < 1.29 is 4.39 Å². The molecule has 2 unspecified atom stereocenters. The van der Waals surface area contributed by atoms with Crippen LogP contribution in [0.1, 0.15) is 46.1 Å². The van der Waals surface area contributed by atoms with Crippen LogP contribution in [0.2, 0.25) is 0 Å². The van der Waals surface area contributed by atoms with Crippen molar-refractivity contribution in [3.05, 3.63) is 29.8 Å². The molecule has 3 nitrogen and oxygen atoms in total. The van der Waals surface area contributed by atoms with E-state index in [0.29, 0.717) is 0 Å². The Bertz CT molecular complexity index is 465. The number of nitrogens with zero attached hydrogens (tertiary/aromatic N) is 2. The third kappa shape index (κ3) is 3.18. The van der Waals surface area contributed by atoms with Gasteiger partial charge in [-0.05, 0) is 38.3 Å². The number of rotatable bonds is 4. The molecule has 1 aliphatic heterocycles. The summed E-state index contributed by atoms with van der Waals surface area (Å²) < 4.78 is 13.3. The molecule has 1 fully saturated rings. The average Bonchev–Trinajstić information content (AvgIpc) is 2.43. The third-order valence-electron chi connectivity index (χ3n) is 4.88. The minimum absolute atomic E-state index is 0.112. The highest BCUT2D eigenvalue weighted by atomic mass is 19.1. The lowest BCUT2D eigenvalue weighted by Gasteiger charge is -2.52. The van der Waals surface area contributed by atoms with E-state index < -0.39 is 0 Å². The lowest BCUT2D eigenvalue weighted by molar-refractivity contribution is 0.0103. The number of aromatic nitrogens is 1. The molecule has 0 radical (unpaired) electrons. The van der Waals surface area contributed by atoms with Crippen LogP contribution in [0.3, 0.4) is 0 Å². The minimum atomic E-state index is -0.255. The van der Waals surface area contributed by atoms with Crippen LogP contribution < -0.4 is 5.32 Å². The Balaban J connectivity index is 2.20. The summed E-state index contributed by atoms with van der Waals surface area (Å²) in [6.07, 6.45) is 5.19. The monoisotopic (exact) mass is 279 g/mol. The first-order chi connectivity index (χ1) is 9.41. The summed E-state index contributed by atoms with van der Waals surface area (Å²) in [5, 5.41) is 3.68. The highest BCUT2D eigenvalue weighted by Crippen LogP contribution is 2.29. The lowest BCUT2D eigenvalue weighted by Crippen LogP contribution is -2.67. The van der Waals surface area contributed by atoms with Crippen molar-refractivity contribution in [3.63, 3.8) is 0 Å². The number of piperazine rings is 1. The fourth-order valence-corrected chi connectivity index (χ4v) is 2.78. The first-order valence-electron chi connectivity index (χ1n) is 7.50. The first-order valence-corrected chi connectivity index (χ1v) is 7.50. The zero-order valence-corrected chi connectivity index (χ0v) is 13.0. The van der Waals surface area contributed by atoms with Gasteiger partial charge in [-0.3, -0.25) is 9.88 Å². The fourth-order valence-electron chi connectivity index (χ4n) is 2.78. The van der Waals surface area contributed by atoms with Crippen molar-refractivity contribution in [1.29, 1.82) is 0 Å². The summed E-state index contributed by atoms with van der Waals surface area (Å²) in [7, 11) is 0. The molecule has 0 bridgehead atoms. The Hall–Kier alpha value is -1.00. The zero-order valence-electron chi connectivity index (χ0n) is 13.0. The molecule has 2 heterocycles. The molecule has 2 atom stereocenters. The maximum Gasteiger partial charge on any atom is 0.141 e. The quantitative estimate of drug-likeness (QED) is 0.918. The molecule has 112 valence electrons. The van der Waals surface area contributed by atoms with Gasteiger partial charge in [0, 0.05) is 36.9 Å². The predicted octanol–water partition coefficient (Wildman–Crippen LogP) is 2.96. The summed E-state index contributed by atoms with van der Waals surface area (Å²) in [5.74, 6) is -0.255. The van der Waals surface area contributed by atoms with E-state index in [0.717, 1.165) is 38.0 Å². The number of hydrogen-bond donors (Lipinski definition) is 1. The number of hydrogen-bond acceptors (Lipinski definition) is 3. The fraction of sp³-hybridized carbons (Fsp3) is 0.688. The Kier molecular flexibility index (Phi) is 4.45. The van der Waals surface area contributed by atoms with Crippen molar-refractivity contribution in [2.24, 2.45) is 0 Å². The number of nitrogens with one attached hydrogen (secondary N) is 1. The topological polar surface area (TPSA) is 28.2 Å². The molecule has 2 rings (SSSR count). The number of halogens is 1. The Morgan fingerprint density at radius 3 is 2.65 bits per heavy atom. The van der Waals surface area contributed by atoms with Gasteiger partial charge in [0.05, 0.1) is 6.20 Å². The van der Waals surface area contributed by atoms with Gasteiger partial charge >= 0.3 is 0 Å². The van der Waals surface area contributed by atoms with Crippen LogP contribution in [0.15, 0.2) is 18.5 Å². The molecule has 1 saturated heterocycles. The normalized spacial score (nSPS) is 31.4. The van der Waals surface area contributed by atoms with Crippen LogP contribution in [0.5, 0.6) is 0 Å². The zero-order chi connectivity index (χ0) is 14.8. The maximum absolute atomic E-state index is 13.3. The molecule has 0 spiro atoms. The summed E-state index contributed by atoms with van der Waals surface area (Å²) in [6.45, 7) is 11.7. The van der Waals surface area contributed by atoms with Crippen molar-refractivity contribution in [1.82, 2.24) is 15.2 Å². The molecule has 1 aliphatic rings. The molecule has 1 aromatic rings. The van der Waals surface area contributed by atoms with Gasteiger partial charge in [-0.1, -0.05) is 13.8 Å². The molecule has 4 heteroatoms. The summed E-state index contributed by atoms with van der Waals surface area (Å²) in [5.41, 5.74) is 1.20. The van der Waals surface area contributed by atoms with Crippen LogP contribution in [0, 0.1) is 5.82 Å². The second-order valence-electron chi connectivity index (χ2n) is 6.49. The molecule has 20 heavy (non-hydrogen) atoms. The van der Waals surface area contributed by atoms with Crippen molar-refractivity contribution in [3.8, 4) is 0 Å². The Morgan fingerprint density at radius 1 is 1.30 bits per heavy atom. The van der Waals surface area contributed by atoms with E-state index >= 15 is 0 Å². The average molecular weight is 279 g/mol. The highest BCUT2D eigenvalue weighted by Gasteiger charge is 2.40. The van der Waals surface area contributed by atoms with E-state index in [-0.39, 0.29) is 16.9 Å². The van der Waals surface area contributed by atoms with Crippen LogP contribution in [0.4, 0.5) is 4.39 Å². The third-order valence-corrected chi connectivity index (χ3v) is 4.88. The van der Waals surface area contributed by atoms with E-state index in [1.807, 2.05) is 0 Å². The first kappa shape index (κ1) is 15.4. The van der Waals surface area contributed by atoms with E-state index in [4.69, 9.17) is 0 Å². The van der Waals surface area contributed by atoms with Crippen molar-refractivity contribution in [2.45, 2.75) is 58.2 Å². The second-order valence-corrected chi connectivity index (χ2v) is 6.49. The van der Waals surface area contributed by atoms with Crippen LogP contribution in [-0.2, 0) is 6.54 Å². The van der Waals surface area contributed by atoms with Crippen molar-refractivity contribution in [2.75, 3.05) is 13.1 Å². The van der Waals surface area contributed by atoms with Crippen molar-refractivity contribution >= 4 is 0 Å². The maximum atomic E-state index is 13.3. The van der Waals surface area contributed by atoms with Gasteiger partial charge < -0.3 is 5.32 Å². The highest BCUT2D eigenvalue weighted by molar-refractivity contribution is 5.12. The summed E-state index contributed by atoms with van der Waals surface area (Å²) >= 11 is 0. The molecule has 1 N–H and O–H groups in total. The SMILES string of the molecule is CCC1(C)CN(Cc2cncc(F)c2)C(C)(CC)CN1. The van der Waals surface area contributed by atoms with E-state index in [2.05, 4.69) is 42.9 Å². The smallest absolute Gasteiger partial charge is 0.141 e. The number of pyridine rings is 1. The van der Waals surface area contributed by atoms with Gasteiger partial charge in [0.25, 0.3) is 0 Å². The van der Waals surface area contributed by atoms with Gasteiger partial charge in [-0.15, -0.1) is 0 Å².